The number of hydrogen-bond donors (Lipinski definition) is 2. The summed E-state index contributed by atoms with van der Waals surface area (Å²) in [5, 5.41) is 0. The minimum absolute atomic E-state index is 0.844. The van der Waals surface area contributed by atoms with E-state index in [1.165, 1.54) is 6.42 Å². The summed E-state index contributed by atoms with van der Waals surface area (Å²) < 4.78 is 12.7. The Labute approximate surface area is 79.4 Å². The van der Waals surface area contributed by atoms with E-state index in [4.69, 9.17) is 0 Å². The summed E-state index contributed by atoms with van der Waals surface area (Å²) in [6, 6.07) is 0. The first-order chi connectivity index (χ1) is 5.62. The van der Waals surface area contributed by atoms with E-state index >= 15 is 0 Å². The fraction of sp³-hybridized carbons (Fsp3) is 1.00. The Balaban J connectivity index is 0. The molecule has 0 aromatic carbocycles. The van der Waals surface area contributed by atoms with Crippen LogP contribution in [0.4, 0.5) is 0 Å². The third-order valence-corrected chi connectivity index (χ3v) is 3.46. The van der Waals surface area contributed by atoms with E-state index in [-0.39, 0.29) is 0 Å². The van der Waals surface area contributed by atoms with Gasteiger partial charge in [-0.1, -0.05) is 44.6 Å². The zero-order valence-electron chi connectivity index (χ0n) is 9.18. The Bertz CT molecular complexity index is 86.6. The van der Waals surface area contributed by atoms with Crippen LogP contribution in [0.25, 0.3) is 0 Å². The Morgan fingerprint density at radius 1 is 1.25 bits per heavy atom. The second-order valence-electron chi connectivity index (χ2n) is 2.58. The molecule has 0 radical (unpaired) electrons. The van der Waals surface area contributed by atoms with Crippen LogP contribution in [0.1, 0.15) is 40.5 Å². The fourth-order valence-corrected chi connectivity index (χ4v) is 1.36. The lowest BCUT2D eigenvalue weighted by Crippen LogP contribution is -2.21. The first kappa shape index (κ1) is 14.8. The average Bonchev–Trinajstić information content (AvgIpc) is 2.09. The Kier molecular flexibility index (Phi) is 11.5. The smallest absolute Gasteiger partial charge is 0.00816 e. The highest BCUT2D eigenvalue weighted by Gasteiger charge is 2.07. The molecule has 0 saturated carbocycles. The van der Waals surface area contributed by atoms with Crippen molar-refractivity contribution in [3.8, 4) is 0 Å². The average molecular weight is 195 g/mol. The molecule has 0 saturated heterocycles. The molecule has 0 rings (SSSR count). The summed E-state index contributed by atoms with van der Waals surface area (Å²) in [6.07, 6.45) is 4.23. The number of rotatable bonds is 5. The van der Waals surface area contributed by atoms with Crippen LogP contribution in [-0.4, -0.2) is 23.1 Å². The lowest BCUT2D eigenvalue weighted by Gasteiger charge is -2.28. The minimum Gasteiger partial charge on any atom is -0.339 e. The molecule has 0 bridgehead atoms. The highest BCUT2D eigenvalue weighted by atomic mass is 32.3. The highest BCUT2D eigenvalue weighted by Crippen LogP contribution is 2.32. The molecular weight excluding hydrogens is 170 g/mol. The van der Waals surface area contributed by atoms with Crippen LogP contribution in [0.5, 0.6) is 0 Å². The van der Waals surface area contributed by atoms with Crippen LogP contribution in [0.2, 0.25) is 0 Å². The van der Waals surface area contributed by atoms with Gasteiger partial charge >= 0.3 is 0 Å². The molecule has 0 fully saturated rings. The molecule has 2 nitrogen and oxygen atoms in total. The van der Waals surface area contributed by atoms with Gasteiger partial charge in [0.1, 0.15) is 0 Å². The third-order valence-electron chi connectivity index (χ3n) is 1.51. The molecule has 0 aliphatic heterocycles. The monoisotopic (exact) mass is 195 g/mol. The summed E-state index contributed by atoms with van der Waals surface area (Å²) in [4.78, 5) is 0. The summed E-state index contributed by atoms with van der Waals surface area (Å²) in [7, 11) is -1.44. The predicted molar refractivity (Wildman–Crippen MR) is 60.9 cm³/mol. The van der Waals surface area contributed by atoms with Crippen molar-refractivity contribution in [2.75, 3.05) is 18.6 Å². The predicted octanol–water partition coefficient (Wildman–Crippen LogP) is 3.24. The van der Waals surface area contributed by atoms with Crippen molar-refractivity contribution < 1.29 is 4.55 Å². The van der Waals surface area contributed by atoms with Gasteiger partial charge < -0.3 is 4.55 Å². The van der Waals surface area contributed by atoms with Crippen molar-refractivity contribution in [3.63, 3.8) is 0 Å². The lowest BCUT2D eigenvalue weighted by molar-refractivity contribution is 0.609. The molecule has 1 unspecified atom stereocenters. The third kappa shape index (κ3) is 10.3. The first-order valence-electron chi connectivity index (χ1n) is 4.85. The van der Waals surface area contributed by atoms with Crippen molar-refractivity contribution in [3.05, 3.63) is 0 Å². The molecule has 0 aliphatic rings. The SMILES string of the molecule is CC.CCCCNS(C)(O)CC. The molecule has 1 atom stereocenters. The molecule has 3 heteroatoms. The van der Waals surface area contributed by atoms with Gasteiger partial charge in [0, 0.05) is 12.3 Å². The molecule has 0 aromatic heterocycles. The van der Waals surface area contributed by atoms with Crippen LogP contribution in [0.15, 0.2) is 0 Å². The molecule has 78 valence electrons. The Morgan fingerprint density at radius 2 is 1.75 bits per heavy atom. The topological polar surface area (TPSA) is 32.3 Å². The number of hydrogen-bond acceptors (Lipinski definition) is 2. The van der Waals surface area contributed by atoms with Crippen molar-refractivity contribution in [2.24, 2.45) is 0 Å². The van der Waals surface area contributed by atoms with Crippen LogP contribution >= 0.6 is 10.5 Å². The summed E-state index contributed by atoms with van der Waals surface area (Å²) >= 11 is 0. The Morgan fingerprint density at radius 3 is 2.08 bits per heavy atom. The molecule has 12 heavy (non-hydrogen) atoms. The molecule has 0 spiro atoms. The van der Waals surface area contributed by atoms with Crippen LogP contribution in [-0.2, 0) is 0 Å². The maximum Gasteiger partial charge on any atom is 0.00816 e. The molecular formula is C9H25NOS. The van der Waals surface area contributed by atoms with Gasteiger partial charge in [-0.05, 0) is 12.7 Å². The summed E-state index contributed by atoms with van der Waals surface area (Å²) in [5.74, 6) is 0.844. The van der Waals surface area contributed by atoms with Gasteiger partial charge in [-0.2, -0.15) is 0 Å². The molecule has 0 heterocycles. The number of nitrogens with one attached hydrogen (secondary N) is 1. The fourth-order valence-electron chi connectivity index (χ4n) is 0.571. The maximum atomic E-state index is 9.52. The van der Waals surface area contributed by atoms with E-state index in [1.54, 1.807) is 0 Å². The van der Waals surface area contributed by atoms with Gasteiger partial charge in [-0.25, -0.2) is 0 Å². The van der Waals surface area contributed by atoms with Crippen molar-refractivity contribution >= 4 is 10.5 Å². The largest absolute Gasteiger partial charge is 0.339 e. The van der Waals surface area contributed by atoms with E-state index in [0.717, 1.165) is 18.7 Å². The molecule has 0 aromatic rings. The van der Waals surface area contributed by atoms with Gasteiger partial charge in [0.15, 0.2) is 0 Å². The van der Waals surface area contributed by atoms with E-state index in [1.807, 2.05) is 27.0 Å². The van der Waals surface area contributed by atoms with Gasteiger partial charge in [0.25, 0.3) is 0 Å². The molecule has 2 N–H and O–H groups in total. The summed E-state index contributed by atoms with van der Waals surface area (Å²) in [5.41, 5.74) is 0. The summed E-state index contributed by atoms with van der Waals surface area (Å²) in [6.45, 7) is 9.11. The quantitative estimate of drug-likeness (QED) is 0.660. The van der Waals surface area contributed by atoms with Gasteiger partial charge in [-0.3, -0.25) is 4.72 Å². The van der Waals surface area contributed by atoms with Gasteiger partial charge in [0.05, 0.1) is 0 Å². The second-order valence-corrected chi connectivity index (χ2v) is 5.52. The van der Waals surface area contributed by atoms with Crippen LogP contribution in [0.3, 0.4) is 0 Å². The van der Waals surface area contributed by atoms with E-state index < -0.39 is 10.5 Å². The van der Waals surface area contributed by atoms with Crippen LogP contribution in [0, 0.1) is 0 Å². The zero-order valence-corrected chi connectivity index (χ0v) is 10.0. The minimum atomic E-state index is -1.44. The molecule has 0 aliphatic carbocycles. The molecule has 0 amide bonds. The lowest BCUT2D eigenvalue weighted by atomic mass is 10.3. The normalized spacial score (nSPS) is 17.2. The second kappa shape index (κ2) is 9.36. The first-order valence-corrected chi connectivity index (χ1v) is 7.02. The Hall–Kier alpha value is 0.270. The maximum absolute atomic E-state index is 9.52. The zero-order chi connectivity index (χ0) is 10.0. The highest BCUT2D eigenvalue weighted by molar-refractivity contribution is 8.26. The van der Waals surface area contributed by atoms with Gasteiger partial charge in [0.2, 0.25) is 0 Å². The van der Waals surface area contributed by atoms with Crippen molar-refractivity contribution in [1.29, 1.82) is 0 Å². The van der Waals surface area contributed by atoms with E-state index in [2.05, 4.69) is 11.6 Å². The van der Waals surface area contributed by atoms with E-state index in [9.17, 15) is 4.55 Å². The van der Waals surface area contributed by atoms with E-state index in [0.29, 0.717) is 0 Å². The van der Waals surface area contributed by atoms with Gasteiger partial charge in [-0.15, -0.1) is 0 Å². The van der Waals surface area contributed by atoms with Crippen molar-refractivity contribution in [1.82, 2.24) is 4.72 Å². The standard InChI is InChI=1S/C7H19NOS.C2H6/c1-4-6-7-8-10(3,9)5-2;1-2/h8-9H,4-7H2,1-3H3;1-2H3. The van der Waals surface area contributed by atoms with Crippen LogP contribution < -0.4 is 4.72 Å². The number of unbranched alkanes of at least 4 members (excludes halogenated alkanes) is 1. The van der Waals surface area contributed by atoms with Crippen molar-refractivity contribution in [2.45, 2.75) is 40.5 Å².